The van der Waals surface area contributed by atoms with E-state index in [0.29, 0.717) is 44.8 Å². The van der Waals surface area contributed by atoms with Crippen molar-refractivity contribution in [3.8, 4) is 11.1 Å². The van der Waals surface area contributed by atoms with Crippen molar-refractivity contribution in [3.63, 3.8) is 0 Å². The molecule has 2 aliphatic rings. The molecular weight excluding hydrogens is 410 g/mol. The number of benzene rings is 1. The van der Waals surface area contributed by atoms with Crippen molar-refractivity contribution >= 4 is 11.8 Å². The molecule has 2 fully saturated rings. The number of amides is 2. The van der Waals surface area contributed by atoms with Crippen molar-refractivity contribution in [3.05, 3.63) is 67.0 Å². The molecule has 174 valence electrons. The van der Waals surface area contributed by atoms with E-state index in [1.54, 1.807) is 12.3 Å². The fourth-order valence-electron chi connectivity index (χ4n) is 5.38. The predicted molar refractivity (Wildman–Crippen MR) is 131 cm³/mol. The highest BCUT2D eigenvalue weighted by Gasteiger charge is 2.43. The topological polar surface area (TPSA) is 62.3 Å². The van der Waals surface area contributed by atoms with E-state index in [9.17, 15) is 9.59 Å². The zero-order valence-corrected chi connectivity index (χ0v) is 19.5. The lowest BCUT2D eigenvalue weighted by Gasteiger charge is -2.42. The van der Waals surface area contributed by atoms with Crippen LogP contribution in [0.25, 0.3) is 11.1 Å². The minimum Gasteiger partial charge on any atom is -0.352 e. The van der Waals surface area contributed by atoms with Gasteiger partial charge in [0.25, 0.3) is 0 Å². The van der Waals surface area contributed by atoms with Crippen LogP contribution in [0, 0.1) is 11.3 Å². The van der Waals surface area contributed by atoms with Crippen LogP contribution in [0.3, 0.4) is 0 Å². The van der Waals surface area contributed by atoms with Gasteiger partial charge in [-0.15, -0.1) is 6.58 Å². The van der Waals surface area contributed by atoms with Gasteiger partial charge in [0, 0.05) is 37.9 Å². The van der Waals surface area contributed by atoms with E-state index in [1.165, 1.54) is 6.42 Å². The molecule has 1 aromatic carbocycles. The van der Waals surface area contributed by atoms with E-state index in [4.69, 9.17) is 0 Å². The fraction of sp³-hybridized carbons (Fsp3) is 0.464. The van der Waals surface area contributed by atoms with Gasteiger partial charge in [0.05, 0.1) is 5.41 Å². The van der Waals surface area contributed by atoms with E-state index in [-0.39, 0.29) is 11.8 Å². The van der Waals surface area contributed by atoms with E-state index < -0.39 is 5.41 Å². The number of hydrogen-bond donors (Lipinski definition) is 1. The molecule has 1 aliphatic heterocycles. The van der Waals surface area contributed by atoms with E-state index in [2.05, 4.69) is 41.1 Å². The second-order valence-electron chi connectivity index (χ2n) is 9.56. The first kappa shape index (κ1) is 23.2. The lowest BCUT2D eigenvalue weighted by molar-refractivity contribution is -0.143. The molecular formula is C28H35N3O2. The summed E-state index contributed by atoms with van der Waals surface area (Å²) < 4.78 is 0. The van der Waals surface area contributed by atoms with Crippen LogP contribution >= 0.6 is 0 Å². The van der Waals surface area contributed by atoms with Gasteiger partial charge in [0.15, 0.2) is 0 Å². The molecule has 0 radical (unpaired) electrons. The molecule has 0 unspecified atom stereocenters. The molecule has 1 aliphatic carbocycles. The van der Waals surface area contributed by atoms with Gasteiger partial charge in [-0.3, -0.25) is 14.6 Å². The zero-order chi connectivity index (χ0) is 23.1. The third-order valence-electron chi connectivity index (χ3n) is 7.34. The van der Waals surface area contributed by atoms with Gasteiger partial charge in [-0.25, -0.2) is 0 Å². The Morgan fingerprint density at radius 1 is 1.09 bits per heavy atom. The van der Waals surface area contributed by atoms with Gasteiger partial charge in [-0.05, 0) is 54.9 Å². The molecule has 1 saturated heterocycles. The van der Waals surface area contributed by atoms with Crippen LogP contribution in [0.1, 0.15) is 50.5 Å². The monoisotopic (exact) mass is 445 g/mol. The molecule has 5 heteroatoms. The molecule has 2 aromatic rings. The standard InChI is InChI=1S/C28H35N3O2/c1-2-15-30-27(33)28(13-17-31(18-14-28)26(32)23-9-4-3-5-10-23)20-22-8-6-11-24(19-22)25-12-7-16-29-21-25/h2,6-8,11-12,16,19,21,23H,1,3-5,9-10,13-15,17-18,20H2,(H,30,33). The number of piperidine rings is 1. The van der Waals surface area contributed by atoms with Crippen molar-refractivity contribution in [1.29, 1.82) is 0 Å². The maximum absolute atomic E-state index is 13.3. The van der Waals surface area contributed by atoms with E-state index >= 15 is 0 Å². The van der Waals surface area contributed by atoms with Crippen LogP contribution in [-0.2, 0) is 16.0 Å². The Bertz CT molecular complexity index is 958. The molecule has 2 amide bonds. The zero-order valence-electron chi connectivity index (χ0n) is 19.5. The summed E-state index contributed by atoms with van der Waals surface area (Å²) in [4.78, 5) is 32.7. The fourth-order valence-corrected chi connectivity index (χ4v) is 5.38. The highest BCUT2D eigenvalue weighted by atomic mass is 16.2. The highest BCUT2D eigenvalue weighted by molar-refractivity contribution is 5.84. The van der Waals surface area contributed by atoms with Crippen LogP contribution in [-0.4, -0.2) is 41.3 Å². The summed E-state index contributed by atoms with van der Waals surface area (Å²) >= 11 is 0. The van der Waals surface area contributed by atoms with E-state index in [0.717, 1.165) is 42.4 Å². The van der Waals surface area contributed by atoms with Crippen molar-refractivity contribution in [2.75, 3.05) is 19.6 Å². The molecule has 5 nitrogen and oxygen atoms in total. The third kappa shape index (κ3) is 5.52. The summed E-state index contributed by atoms with van der Waals surface area (Å²) in [6.07, 6.45) is 13.0. The second kappa shape index (κ2) is 10.8. The van der Waals surface area contributed by atoms with Crippen LogP contribution < -0.4 is 5.32 Å². The molecule has 1 N–H and O–H groups in total. The van der Waals surface area contributed by atoms with Gasteiger partial charge in [0.2, 0.25) is 11.8 Å². The molecule has 1 aromatic heterocycles. The molecule has 0 atom stereocenters. The Morgan fingerprint density at radius 3 is 2.55 bits per heavy atom. The average Bonchev–Trinajstić information content (AvgIpc) is 2.88. The molecule has 4 rings (SSSR count). The minimum absolute atomic E-state index is 0.0685. The van der Waals surface area contributed by atoms with Gasteiger partial charge < -0.3 is 10.2 Å². The third-order valence-corrected chi connectivity index (χ3v) is 7.34. The Morgan fingerprint density at radius 2 is 1.85 bits per heavy atom. The Labute approximate surface area is 197 Å². The smallest absolute Gasteiger partial charge is 0.226 e. The van der Waals surface area contributed by atoms with Crippen molar-refractivity contribution in [2.45, 2.75) is 51.4 Å². The van der Waals surface area contributed by atoms with Crippen molar-refractivity contribution in [2.24, 2.45) is 11.3 Å². The number of pyridine rings is 1. The SMILES string of the molecule is C=CCNC(=O)C1(Cc2cccc(-c3cccnc3)c2)CCN(C(=O)C2CCCCC2)CC1. The number of hydrogen-bond acceptors (Lipinski definition) is 3. The van der Waals surface area contributed by atoms with Gasteiger partial charge >= 0.3 is 0 Å². The largest absolute Gasteiger partial charge is 0.352 e. The first-order valence-electron chi connectivity index (χ1n) is 12.3. The second-order valence-corrected chi connectivity index (χ2v) is 9.56. The molecule has 0 spiro atoms. The summed E-state index contributed by atoms with van der Waals surface area (Å²) in [6.45, 7) is 5.51. The number of carbonyl (C=O) groups excluding carboxylic acids is 2. The van der Waals surface area contributed by atoms with Crippen molar-refractivity contribution in [1.82, 2.24) is 15.2 Å². The summed E-state index contributed by atoms with van der Waals surface area (Å²) in [5.41, 5.74) is 2.79. The van der Waals surface area contributed by atoms with Crippen LogP contribution in [0.4, 0.5) is 0 Å². The Hall–Kier alpha value is -2.95. The Balaban J connectivity index is 1.51. The summed E-state index contributed by atoms with van der Waals surface area (Å²) in [6, 6.07) is 12.4. The first-order chi connectivity index (χ1) is 16.1. The molecule has 2 heterocycles. The quantitative estimate of drug-likeness (QED) is 0.624. The lowest BCUT2D eigenvalue weighted by atomic mass is 9.72. The van der Waals surface area contributed by atoms with Crippen LogP contribution in [0.5, 0.6) is 0 Å². The van der Waals surface area contributed by atoms with Gasteiger partial charge in [-0.1, -0.05) is 55.7 Å². The molecule has 0 bridgehead atoms. The normalized spacial score (nSPS) is 18.5. The number of carbonyl (C=O) groups is 2. The van der Waals surface area contributed by atoms with Crippen LogP contribution in [0.2, 0.25) is 0 Å². The predicted octanol–water partition coefficient (Wildman–Crippen LogP) is 4.78. The highest BCUT2D eigenvalue weighted by Crippen LogP contribution is 2.37. The minimum atomic E-state index is -0.514. The summed E-state index contributed by atoms with van der Waals surface area (Å²) in [5.74, 6) is 0.546. The van der Waals surface area contributed by atoms with Gasteiger partial charge in [0.1, 0.15) is 0 Å². The number of aromatic nitrogens is 1. The number of nitrogens with one attached hydrogen (secondary N) is 1. The number of rotatable bonds is 7. The first-order valence-corrected chi connectivity index (χ1v) is 12.3. The molecule has 33 heavy (non-hydrogen) atoms. The number of likely N-dealkylation sites (tertiary alicyclic amines) is 1. The van der Waals surface area contributed by atoms with Gasteiger partial charge in [-0.2, -0.15) is 0 Å². The maximum Gasteiger partial charge on any atom is 0.226 e. The lowest BCUT2D eigenvalue weighted by Crippen LogP contribution is -2.52. The Kier molecular flexibility index (Phi) is 7.58. The summed E-state index contributed by atoms with van der Waals surface area (Å²) in [5, 5.41) is 3.05. The molecule has 1 saturated carbocycles. The number of nitrogens with zero attached hydrogens (tertiary/aromatic N) is 2. The summed E-state index contributed by atoms with van der Waals surface area (Å²) in [7, 11) is 0. The van der Waals surface area contributed by atoms with E-state index in [1.807, 2.05) is 23.2 Å². The maximum atomic E-state index is 13.3. The average molecular weight is 446 g/mol. The van der Waals surface area contributed by atoms with Crippen LogP contribution in [0.15, 0.2) is 61.4 Å². The van der Waals surface area contributed by atoms with Crippen molar-refractivity contribution < 1.29 is 9.59 Å².